The first-order chi connectivity index (χ1) is 13.2. The molecule has 0 aromatic heterocycles. The van der Waals surface area contributed by atoms with Crippen LogP contribution in [0.3, 0.4) is 0 Å². The summed E-state index contributed by atoms with van der Waals surface area (Å²) in [5.74, 6) is 1.60. The molecule has 2 amide bonds. The first-order valence-corrected chi connectivity index (χ1v) is 10.2. The summed E-state index contributed by atoms with van der Waals surface area (Å²) in [4.78, 5) is 26.7. The van der Waals surface area contributed by atoms with Gasteiger partial charge in [0.05, 0.1) is 18.6 Å². The van der Waals surface area contributed by atoms with Crippen molar-refractivity contribution in [2.75, 3.05) is 19.7 Å². The molecule has 4 atom stereocenters. The van der Waals surface area contributed by atoms with Gasteiger partial charge in [-0.05, 0) is 37.3 Å². The van der Waals surface area contributed by atoms with Crippen LogP contribution >= 0.6 is 12.4 Å². The molecule has 3 aliphatic rings. The summed E-state index contributed by atoms with van der Waals surface area (Å²) in [5.41, 5.74) is 0. The van der Waals surface area contributed by atoms with Crippen LogP contribution in [0.25, 0.3) is 0 Å². The van der Waals surface area contributed by atoms with Gasteiger partial charge in [-0.2, -0.15) is 0 Å². The number of carbonyl (C=O) groups is 2. The number of ether oxygens (including phenoxy) is 1. The molecule has 3 fully saturated rings. The molecule has 0 spiro atoms. The third kappa shape index (κ3) is 4.97. The molecule has 4 rings (SSSR count). The lowest BCUT2D eigenvalue weighted by Crippen LogP contribution is -2.47. The summed E-state index contributed by atoms with van der Waals surface area (Å²) in [6, 6.07) is 9.92. The van der Waals surface area contributed by atoms with Crippen LogP contribution in [-0.2, 0) is 9.59 Å². The average molecular weight is 408 g/mol. The molecule has 1 saturated carbocycles. The van der Waals surface area contributed by atoms with E-state index in [2.05, 4.69) is 10.6 Å². The van der Waals surface area contributed by atoms with Gasteiger partial charge in [-0.3, -0.25) is 9.59 Å². The quantitative estimate of drug-likeness (QED) is 0.757. The minimum Gasteiger partial charge on any atom is -0.492 e. The highest BCUT2D eigenvalue weighted by Crippen LogP contribution is 2.33. The Morgan fingerprint density at radius 3 is 2.79 bits per heavy atom. The van der Waals surface area contributed by atoms with Crippen molar-refractivity contribution in [1.82, 2.24) is 15.5 Å². The average Bonchev–Trinajstić information content (AvgIpc) is 3.26. The van der Waals surface area contributed by atoms with Crippen LogP contribution in [0.5, 0.6) is 5.75 Å². The minimum absolute atomic E-state index is 0. The van der Waals surface area contributed by atoms with Gasteiger partial charge in [0.15, 0.2) is 0 Å². The van der Waals surface area contributed by atoms with Crippen molar-refractivity contribution in [3.05, 3.63) is 30.3 Å². The van der Waals surface area contributed by atoms with Gasteiger partial charge in [-0.25, -0.2) is 0 Å². The Morgan fingerprint density at radius 1 is 1.21 bits per heavy atom. The van der Waals surface area contributed by atoms with Gasteiger partial charge in [-0.1, -0.05) is 31.0 Å². The fourth-order valence-corrected chi connectivity index (χ4v) is 4.70. The summed E-state index contributed by atoms with van der Waals surface area (Å²) in [6.07, 6.45) is 6.29. The number of carbonyl (C=O) groups excluding carboxylic acids is 2. The molecular formula is C21H30ClN3O3. The highest BCUT2D eigenvalue weighted by atomic mass is 35.5. The number of fused-ring (bicyclic) bond motifs is 1. The summed E-state index contributed by atoms with van der Waals surface area (Å²) in [7, 11) is 0. The van der Waals surface area contributed by atoms with Gasteiger partial charge in [0.2, 0.25) is 11.8 Å². The predicted molar refractivity (Wildman–Crippen MR) is 110 cm³/mol. The maximum atomic E-state index is 12.6. The first kappa shape index (κ1) is 20.9. The zero-order valence-electron chi connectivity index (χ0n) is 16.1. The van der Waals surface area contributed by atoms with Crippen molar-refractivity contribution in [3.63, 3.8) is 0 Å². The zero-order chi connectivity index (χ0) is 18.6. The van der Waals surface area contributed by atoms with Crippen LogP contribution in [0.1, 0.15) is 38.5 Å². The molecule has 1 aromatic carbocycles. The van der Waals surface area contributed by atoms with Gasteiger partial charge in [-0.15, -0.1) is 12.4 Å². The third-order valence-electron chi connectivity index (χ3n) is 6.11. The number of halogens is 1. The second-order valence-electron chi connectivity index (χ2n) is 8.02. The van der Waals surface area contributed by atoms with E-state index < -0.39 is 0 Å². The number of nitrogens with zero attached hydrogens (tertiary/aromatic N) is 1. The zero-order valence-corrected chi connectivity index (χ0v) is 17.0. The molecule has 1 aromatic rings. The van der Waals surface area contributed by atoms with Crippen molar-refractivity contribution in [2.24, 2.45) is 5.92 Å². The number of likely N-dealkylation sites (tertiary alicyclic amines) is 1. The Bertz CT molecular complexity index is 658. The Balaban J connectivity index is 0.00000225. The van der Waals surface area contributed by atoms with Crippen LogP contribution in [0.15, 0.2) is 30.3 Å². The van der Waals surface area contributed by atoms with Crippen molar-refractivity contribution in [1.29, 1.82) is 0 Å². The Labute approximate surface area is 172 Å². The molecule has 7 heteroatoms. The largest absolute Gasteiger partial charge is 0.492 e. The molecule has 2 N–H and O–H groups in total. The summed E-state index contributed by atoms with van der Waals surface area (Å²) >= 11 is 0. The smallest absolute Gasteiger partial charge is 0.237 e. The molecule has 0 bridgehead atoms. The lowest BCUT2D eigenvalue weighted by Gasteiger charge is -2.24. The van der Waals surface area contributed by atoms with Crippen molar-refractivity contribution in [3.8, 4) is 5.75 Å². The number of amides is 2. The van der Waals surface area contributed by atoms with Crippen LogP contribution < -0.4 is 15.4 Å². The first-order valence-electron chi connectivity index (χ1n) is 10.2. The van der Waals surface area contributed by atoms with Gasteiger partial charge in [0.25, 0.3) is 0 Å². The van der Waals surface area contributed by atoms with E-state index in [-0.39, 0.29) is 36.3 Å². The summed E-state index contributed by atoms with van der Waals surface area (Å²) in [6.45, 7) is 1.58. The van der Waals surface area contributed by atoms with Gasteiger partial charge >= 0.3 is 0 Å². The van der Waals surface area contributed by atoms with Crippen molar-refractivity contribution in [2.45, 2.75) is 56.7 Å². The fourth-order valence-electron chi connectivity index (χ4n) is 4.70. The Kier molecular flexibility index (Phi) is 7.18. The molecular weight excluding hydrogens is 378 g/mol. The minimum atomic E-state index is -0.0938. The number of para-hydroxylation sites is 1. The van der Waals surface area contributed by atoms with Crippen molar-refractivity contribution < 1.29 is 14.3 Å². The standard InChI is InChI=1S/C21H29N3O3.ClH/c25-20-13-16(14-24(20)10-11-27-17-7-2-1-3-8-17)22-21(26)19-12-15-6-4-5-9-18(15)23-19;/h1-3,7-8,15-16,18-19,23H,4-6,9-14H2,(H,22,26);1H. The molecule has 28 heavy (non-hydrogen) atoms. The number of hydrogen-bond acceptors (Lipinski definition) is 4. The van der Waals surface area contributed by atoms with Gasteiger partial charge < -0.3 is 20.3 Å². The van der Waals surface area contributed by atoms with Gasteiger partial charge in [0, 0.05) is 19.0 Å². The third-order valence-corrected chi connectivity index (χ3v) is 6.11. The Hall–Kier alpha value is -1.79. The highest BCUT2D eigenvalue weighted by Gasteiger charge is 2.39. The Morgan fingerprint density at radius 2 is 2.00 bits per heavy atom. The molecule has 0 radical (unpaired) electrons. The SMILES string of the molecule is Cl.O=C(NC1CC(=O)N(CCOc2ccccc2)C1)C1CC2CCCCC2N1. The maximum Gasteiger partial charge on any atom is 0.237 e. The normalized spacial score (nSPS) is 29.1. The molecule has 6 nitrogen and oxygen atoms in total. The number of benzene rings is 1. The van der Waals surface area contributed by atoms with E-state index in [0.29, 0.717) is 38.1 Å². The second kappa shape index (κ2) is 9.61. The van der Waals surface area contributed by atoms with E-state index in [1.165, 1.54) is 25.7 Å². The van der Waals surface area contributed by atoms with Crippen LogP contribution in [0, 0.1) is 5.92 Å². The molecule has 4 unspecified atom stereocenters. The van der Waals surface area contributed by atoms with E-state index in [0.717, 1.165) is 12.2 Å². The monoisotopic (exact) mass is 407 g/mol. The number of nitrogens with one attached hydrogen (secondary N) is 2. The van der Waals surface area contributed by atoms with E-state index >= 15 is 0 Å². The fraction of sp³-hybridized carbons (Fsp3) is 0.619. The van der Waals surface area contributed by atoms with E-state index in [4.69, 9.17) is 4.74 Å². The molecule has 2 heterocycles. The predicted octanol–water partition coefficient (Wildman–Crippen LogP) is 2.12. The van der Waals surface area contributed by atoms with E-state index in [1.54, 1.807) is 4.90 Å². The molecule has 2 saturated heterocycles. The molecule has 2 aliphatic heterocycles. The summed E-state index contributed by atoms with van der Waals surface area (Å²) < 4.78 is 5.68. The maximum absolute atomic E-state index is 12.6. The van der Waals surface area contributed by atoms with E-state index in [1.807, 2.05) is 30.3 Å². The lowest BCUT2D eigenvalue weighted by molar-refractivity contribution is -0.128. The summed E-state index contributed by atoms with van der Waals surface area (Å²) in [5, 5.41) is 6.61. The topological polar surface area (TPSA) is 70.7 Å². The van der Waals surface area contributed by atoms with Crippen LogP contribution in [-0.4, -0.2) is 54.5 Å². The number of hydrogen-bond donors (Lipinski definition) is 2. The molecule has 1 aliphatic carbocycles. The molecule has 154 valence electrons. The highest BCUT2D eigenvalue weighted by molar-refractivity contribution is 5.85. The van der Waals surface area contributed by atoms with Crippen molar-refractivity contribution >= 4 is 24.2 Å². The van der Waals surface area contributed by atoms with Crippen LogP contribution in [0.2, 0.25) is 0 Å². The van der Waals surface area contributed by atoms with E-state index in [9.17, 15) is 9.59 Å². The van der Waals surface area contributed by atoms with Crippen LogP contribution in [0.4, 0.5) is 0 Å². The number of rotatable bonds is 6. The van der Waals surface area contributed by atoms with Gasteiger partial charge in [0.1, 0.15) is 12.4 Å². The second-order valence-corrected chi connectivity index (χ2v) is 8.02. The lowest BCUT2D eigenvalue weighted by atomic mass is 9.85.